The van der Waals surface area contributed by atoms with Crippen molar-refractivity contribution in [1.82, 2.24) is 0 Å². The first-order chi connectivity index (χ1) is 10.8. The predicted octanol–water partition coefficient (Wildman–Crippen LogP) is 3.03. The van der Waals surface area contributed by atoms with Crippen LogP contribution in [0.4, 0.5) is 0 Å². The number of hydrogen-bond acceptors (Lipinski definition) is 2. The van der Waals surface area contributed by atoms with E-state index in [0.29, 0.717) is 13.3 Å². The second kappa shape index (κ2) is 6.75. The molecule has 0 aromatic heterocycles. The molecular formula is C19H22NO2+. The van der Waals surface area contributed by atoms with Crippen LogP contribution in [-0.2, 0) is 11.2 Å². The van der Waals surface area contributed by atoms with Crippen LogP contribution in [0.1, 0.15) is 16.7 Å². The summed E-state index contributed by atoms with van der Waals surface area (Å²) in [6.07, 6.45) is 3.13. The Labute approximate surface area is 131 Å². The Hall–Kier alpha value is -2.13. The summed E-state index contributed by atoms with van der Waals surface area (Å²) in [6, 6.07) is 17.0. The third kappa shape index (κ3) is 3.20. The van der Waals surface area contributed by atoms with Crippen LogP contribution < -0.4 is 4.74 Å². The minimum Gasteiger partial charge on any atom is -0.435 e. The van der Waals surface area contributed by atoms with Crippen molar-refractivity contribution in [3.63, 3.8) is 0 Å². The topological polar surface area (TPSA) is 21.5 Å². The smallest absolute Gasteiger partial charge is 0.287 e. The Morgan fingerprint density at radius 1 is 1.14 bits per heavy atom. The van der Waals surface area contributed by atoms with E-state index in [1.54, 1.807) is 7.11 Å². The number of benzene rings is 2. The molecule has 3 nitrogen and oxygen atoms in total. The van der Waals surface area contributed by atoms with Crippen molar-refractivity contribution in [3.05, 3.63) is 65.2 Å². The Bertz CT molecular complexity index is 664. The molecule has 1 atom stereocenters. The molecule has 22 heavy (non-hydrogen) atoms. The van der Waals surface area contributed by atoms with Gasteiger partial charge in [0.25, 0.3) is 6.73 Å². The Balaban J connectivity index is 1.86. The fourth-order valence-corrected chi connectivity index (χ4v) is 2.89. The van der Waals surface area contributed by atoms with Crippen molar-refractivity contribution in [2.45, 2.75) is 19.4 Å². The predicted molar refractivity (Wildman–Crippen MR) is 87.9 cm³/mol. The van der Waals surface area contributed by atoms with Gasteiger partial charge in [-0.15, -0.1) is 0 Å². The van der Waals surface area contributed by atoms with Crippen molar-refractivity contribution >= 4 is 6.21 Å². The first-order valence-corrected chi connectivity index (χ1v) is 7.64. The lowest BCUT2D eigenvalue weighted by atomic mass is 10.1. The molecule has 0 saturated heterocycles. The van der Waals surface area contributed by atoms with Crippen LogP contribution in [0.3, 0.4) is 0 Å². The van der Waals surface area contributed by atoms with E-state index in [1.165, 1.54) is 11.1 Å². The summed E-state index contributed by atoms with van der Waals surface area (Å²) in [5.41, 5.74) is 3.63. The molecule has 0 N–H and O–H groups in total. The zero-order valence-corrected chi connectivity index (χ0v) is 13.2. The van der Waals surface area contributed by atoms with E-state index in [9.17, 15) is 0 Å². The largest absolute Gasteiger partial charge is 0.435 e. The van der Waals surface area contributed by atoms with Gasteiger partial charge in [-0.05, 0) is 24.1 Å². The van der Waals surface area contributed by atoms with Gasteiger partial charge < -0.3 is 9.47 Å². The second-order valence-corrected chi connectivity index (χ2v) is 5.71. The van der Waals surface area contributed by atoms with Gasteiger partial charge in [0.05, 0.1) is 5.56 Å². The summed E-state index contributed by atoms with van der Waals surface area (Å²) < 4.78 is 13.6. The molecule has 3 heteroatoms. The summed E-state index contributed by atoms with van der Waals surface area (Å²) in [5.74, 6) is 0.995. The zero-order valence-electron chi connectivity index (χ0n) is 13.2. The summed E-state index contributed by atoms with van der Waals surface area (Å²) in [7, 11) is 1.75. The normalized spacial score (nSPS) is 14.7. The van der Waals surface area contributed by atoms with Gasteiger partial charge in [0.1, 0.15) is 12.4 Å². The summed E-state index contributed by atoms with van der Waals surface area (Å²) in [6.45, 7) is 3.33. The van der Waals surface area contributed by atoms with E-state index < -0.39 is 0 Å². The second-order valence-electron chi connectivity index (χ2n) is 5.71. The van der Waals surface area contributed by atoms with Crippen molar-refractivity contribution in [2.24, 2.45) is 0 Å². The van der Waals surface area contributed by atoms with Crippen LogP contribution in [-0.4, -0.2) is 37.3 Å². The molecule has 0 aliphatic carbocycles. The van der Waals surface area contributed by atoms with Gasteiger partial charge in [-0.2, -0.15) is 4.58 Å². The standard InChI is InChI=1S/C19H22NO2/c1-15-7-6-10-17-12-20(14-22-19(15)17)18(13-21-2)11-16-8-4-3-5-9-16/h3-10,12,18H,11,13-14H2,1-2H3/q+1. The first-order valence-electron chi connectivity index (χ1n) is 7.64. The summed E-state index contributed by atoms with van der Waals surface area (Å²) in [4.78, 5) is 0. The van der Waals surface area contributed by atoms with Crippen molar-refractivity contribution in [3.8, 4) is 5.75 Å². The maximum atomic E-state index is 5.97. The van der Waals surface area contributed by atoms with Crippen molar-refractivity contribution in [2.75, 3.05) is 20.4 Å². The van der Waals surface area contributed by atoms with Crippen LogP contribution >= 0.6 is 0 Å². The van der Waals surface area contributed by atoms with E-state index >= 15 is 0 Å². The highest BCUT2D eigenvalue weighted by Crippen LogP contribution is 2.24. The molecule has 0 spiro atoms. The number of methoxy groups -OCH3 is 1. The molecule has 1 aliphatic rings. The first kappa shape index (κ1) is 14.8. The minimum atomic E-state index is 0.265. The number of para-hydroxylation sites is 1. The number of hydrogen-bond donors (Lipinski definition) is 0. The van der Waals surface area contributed by atoms with Gasteiger partial charge in [-0.1, -0.05) is 42.5 Å². The maximum Gasteiger partial charge on any atom is 0.287 e. The lowest BCUT2D eigenvalue weighted by Gasteiger charge is -2.21. The van der Waals surface area contributed by atoms with E-state index in [1.807, 2.05) is 6.07 Å². The number of ether oxygens (including phenoxy) is 2. The minimum absolute atomic E-state index is 0.265. The molecule has 3 rings (SSSR count). The van der Waals surface area contributed by atoms with Crippen LogP contribution in [0.2, 0.25) is 0 Å². The van der Waals surface area contributed by atoms with Gasteiger partial charge in [0.2, 0.25) is 0 Å². The van der Waals surface area contributed by atoms with Crippen LogP contribution in [0.5, 0.6) is 5.75 Å². The number of fused-ring (bicyclic) bond motifs is 1. The lowest BCUT2D eigenvalue weighted by molar-refractivity contribution is -0.593. The van der Waals surface area contributed by atoms with E-state index in [2.05, 4.69) is 60.2 Å². The lowest BCUT2D eigenvalue weighted by Crippen LogP contribution is -2.38. The molecule has 1 aliphatic heterocycles. The molecule has 0 bridgehead atoms. The molecule has 1 unspecified atom stereocenters. The monoisotopic (exact) mass is 296 g/mol. The number of aryl methyl sites for hydroxylation is 1. The van der Waals surface area contributed by atoms with E-state index in [-0.39, 0.29) is 6.04 Å². The molecule has 1 heterocycles. The number of rotatable bonds is 5. The van der Waals surface area contributed by atoms with Gasteiger partial charge in [-0.25, -0.2) is 0 Å². The number of nitrogens with zero attached hydrogens (tertiary/aromatic N) is 1. The molecule has 0 radical (unpaired) electrons. The summed E-state index contributed by atoms with van der Waals surface area (Å²) in [5, 5.41) is 0. The van der Waals surface area contributed by atoms with E-state index in [0.717, 1.165) is 17.7 Å². The highest BCUT2D eigenvalue weighted by molar-refractivity contribution is 5.81. The van der Waals surface area contributed by atoms with Crippen LogP contribution in [0.15, 0.2) is 48.5 Å². The molecule has 2 aromatic carbocycles. The maximum absolute atomic E-state index is 5.97. The molecular weight excluding hydrogens is 274 g/mol. The third-order valence-electron chi connectivity index (χ3n) is 4.05. The molecule has 2 aromatic rings. The van der Waals surface area contributed by atoms with Gasteiger partial charge >= 0.3 is 0 Å². The third-order valence-corrected chi connectivity index (χ3v) is 4.05. The highest BCUT2D eigenvalue weighted by Gasteiger charge is 2.26. The average Bonchev–Trinajstić information content (AvgIpc) is 2.55. The SMILES string of the molecule is COCC(Cc1ccccc1)[N+]1=Cc2cccc(C)c2OC1. The van der Waals surface area contributed by atoms with Crippen molar-refractivity contribution < 1.29 is 14.0 Å². The Kier molecular flexibility index (Phi) is 4.54. The molecule has 0 amide bonds. The quantitative estimate of drug-likeness (QED) is 0.791. The Morgan fingerprint density at radius 3 is 2.73 bits per heavy atom. The molecule has 114 valence electrons. The van der Waals surface area contributed by atoms with E-state index in [4.69, 9.17) is 9.47 Å². The molecule has 0 saturated carbocycles. The van der Waals surface area contributed by atoms with Crippen LogP contribution in [0.25, 0.3) is 0 Å². The van der Waals surface area contributed by atoms with Gasteiger partial charge in [-0.3, -0.25) is 0 Å². The summed E-state index contributed by atoms with van der Waals surface area (Å²) >= 11 is 0. The molecule has 0 fully saturated rings. The fraction of sp³-hybridized carbons (Fsp3) is 0.316. The average molecular weight is 296 g/mol. The van der Waals surface area contributed by atoms with Gasteiger partial charge in [0.15, 0.2) is 12.3 Å². The Morgan fingerprint density at radius 2 is 1.95 bits per heavy atom. The van der Waals surface area contributed by atoms with Crippen molar-refractivity contribution in [1.29, 1.82) is 0 Å². The van der Waals surface area contributed by atoms with Gasteiger partial charge in [0, 0.05) is 13.5 Å². The highest BCUT2D eigenvalue weighted by atomic mass is 16.5. The zero-order chi connectivity index (χ0) is 15.4. The van der Waals surface area contributed by atoms with Crippen LogP contribution in [0, 0.1) is 6.92 Å². The fourth-order valence-electron chi connectivity index (χ4n) is 2.89.